The summed E-state index contributed by atoms with van der Waals surface area (Å²) in [6, 6.07) is 0. The largest absolute Gasteiger partial charge is 0.0877 e. The Morgan fingerprint density at radius 1 is 0.611 bits per heavy atom. The van der Waals surface area contributed by atoms with Crippen molar-refractivity contribution in [2.75, 3.05) is 0 Å². The van der Waals surface area contributed by atoms with Crippen molar-refractivity contribution in [1.82, 2.24) is 0 Å². The van der Waals surface area contributed by atoms with E-state index < -0.39 is 0 Å². The maximum atomic E-state index is 2.28. The highest BCUT2D eigenvalue weighted by Crippen LogP contribution is 2.10. The molecule has 0 rings (SSSR count). The van der Waals surface area contributed by atoms with Gasteiger partial charge < -0.3 is 0 Å². The zero-order chi connectivity index (χ0) is 13.3. The van der Waals surface area contributed by atoms with Crippen LogP contribution in [0.25, 0.3) is 0 Å². The van der Waals surface area contributed by atoms with Gasteiger partial charge in [-0.2, -0.15) is 0 Å². The number of unbranched alkanes of at least 4 members (excludes halogenated alkanes) is 9. The van der Waals surface area contributed by atoms with Gasteiger partial charge in [-0.3, -0.25) is 0 Å². The van der Waals surface area contributed by atoms with Gasteiger partial charge in [0.15, 0.2) is 0 Å². The van der Waals surface area contributed by atoms with E-state index in [1.807, 2.05) is 13.0 Å². The molecule has 0 spiro atoms. The van der Waals surface area contributed by atoms with Gasteiger partial charge in [0.2, 0.25) is 0 Å². The Morgan fingerprint density at radius 3 is 1.78 bits per heavy atom. The third kappa shape index (κ3) is 15.2. The van der Waals surface area contributed by atoms with Crippen molar-refractivity contribution in [3.63, 3.8) is 0 Å². The topological polar surface area (TPSA) is 0 Å². The van der Waals surface area contributed by atoms with Crippen LogP contribution in [0.4, 0.5) is 0 Å². The lowest BCUT2D eigenvalue weighted by Gasteiger charge is -2.00. The van der Waals surface area contributed by atoms with E-state index >= 15 is 0 Å². The molecule has 0 saturated heterocycles. The molecule has 0 atom stereocenters. The number of hydrogen-bond donors (Lipinski definition) is 0. The third-order valence-electron chi connectivity index (χ3n) is 3.14. The van der Waals surface area contributed by atoms with Crippen molar-refractivity contribution in [2.24, 2.45) is 0 Å². The summed E-state index contributed by atoms with van der Waals surface area (Å²) in [6.07, 6.45) is 26.7. The van der Waals surface area contributed by atoms with Crippen molar-refractivity contribution < 1.29 is 0 Å². The quantitative estimate of drug-likeness (QED) is 0.270. The van der Waals surface area contributed by atoms with Crippen LogP contribution in [0.2, 0.25) is 0 Å². The molecule has 0 N–H and O–H groups in total. The monoisotopic (exact) mass is 248 g/mol. The summed E-state index contributed by atoms with van der Waals surface area (Å²) in [5.74, 6) is 0. The van der Waals surface area contributed by atoms with E-state index in [2.05, 4.69) is 37.3 Å². The molecule has 0 aromatic carbocycles. The summed E-state index contributed by atoms with van der Waals surface area (Å²) in [6.45, 7) is 4.32. The molecule has 0 aliphatic heterocycles. The van der Waals surface area contributed by atoms with E-state index in [-0.39, 0.29) is 0 Å². The highest BCUT2D eigenvalue weighted by atomic mass is 14.0. The predicted octanol–water partition coefficient (Wildman–Crippen LogP) is 6.60. The molecular formula is C18H32. The first-order valence-electron chi connectivity index (χ1n) is 7.86. The first kappa shape index (κ1) is 17.2. The van der Waals surface area contributed by atoms with E-state index in [4.69, 9.17) is 0 Å². The van der Waals surface area contributed by atoms with Gasteiger partial charge in [0, 0.05) is 0 Å². The minimum atomic E-state index is 1.23. The van der Waals surface area contributed by atoms with E-state index in [1.165, 1.54) is 64.2 Å². The Labute approximate surface area is 115 Å². The van der Waals surface area contributed by atoms with E-state index in [9.17, 15) is 0 Å². The van der Waals surface area contributed by atoms with Crippen molar-refractivity contribution in [3.05, 3.63) is 36.5 Å². The van der Waals surface area contributed by atoms with Gasteiger partial charge in [-0.15, -0.1) is 0 Å². The van der Waals surface area contributed by atoms with Crippen molar-refractivity contribution in [1.29, 1.82) is 0 Å². The summed E-state index contributed by atoms with van der Waals surface area (Å²) in [7, 11) is 0. The Morgan fingerprint density at radius 2 is 1.17 bits per heavy atom. The summed E-state index contributed by atoms with van der Waals surface area (Å²) in [4.78, 5) is 0. The molecule has 0 saturated carbocycles. The van der Waals surface area contributed by atoms with Crippen LogP contribution in [0, 0.1) is 0 Å². The molecule has 0 bridgehead atoms. The van der Waals surface area contributed by atoms with Gasteiger partial charge in [0.05, 0.1) is 0 Å². The van der Waals surface area contributed by atoms with E-state index in [1.54, 1.807) is 0 Å². The molecular weight excluding hydrogens is 216 g/mol. The highest BCUT2D eigenvalue weighted by molar-refractivity contribution is 5.10. The maximum Gasteiger partial charge on any atom is -0.0348 e. The molecule has 18 heavy (non-hydrogen) atoms. The fourth-order valence-electron chi connectivity index (χ4n) is 1.99. The van der Waals surface area contributed by atoms with Crippen LogP contribution < -0.4 is 0 Å². The minimum absolute atomic E-state index is 1.23. The fourth-order valence-corrected chi connectivity index (χ4v) is 1.99. The molecule has 0 unspecified atom stereocenters. The van der Waals surface area contributed by atoms with Crippen molar-refractivity contribution in [2.45, 2.75) is 78.1 Å². The average molecular weight is 248 g/mol. The van der Waals surface area contributed by atoms with Crippen LogP contribution in [-0.4, -0.2) is 0 Å². The van der Waals surface area contributed by atoms with Crippen LogP contribution in [-0.2, 0) is 0 Å². The SMILES string of the molecule is C/C=C/C=C/C=C/CCCCCCCCCCC. The fraction of sp³-hybridized carbons (Fsp3) is 0.667. The van der Waals surface area contributed by atoms with Gasteiger partial charge in [0.1, 0.15) is 0 Å². The molecule has 0 aliphatic rings. The Hall–Kier alpha value is -0.780. The third-order valence-corrected chi connectivity index (χ3v) is 3.14. The standard InChI is InChI=1S/C18H32/c1-3-5-7-9-11-13-15-17-18-16-14-12-10-8-6-4-2/h3,5,7,9,11,13H,4,6,8,10,12,14-18H2,1-2H3/b5-3+,9-7+,13-11+. The number of allylic oxidation sites excluding steroid dienone is 6. The summed E-state index contributed by atoms with van der Waals surface area (Å²) >= 11 is 0. The Balaban J connectivity index is 3.11. The van der Waals surface area contributed by atoms with Crippen LogP contribution in [0.5, 0.6) is 0 Å². The molecule has 0 aromatic rings. The normalized spacial score (nSPS) is 12.3. The van der Waals surface area contributed by atoms with Gasteiger partial charge in [-0.1, -0.05) is 94.7 Å². The second-order valence-electron chi connectivity index (χ2n) is 4.96. The van der Waals surface area contributed by atoms with Crippen molar-refractivity contribution in [3.8, 4) is 0 Å². The molecule has 0 nitrogen and oxygen atoms in total. The zero-order valence-electron chi connectivity index (χ0n) is 12.5. The van der Waals surface area contributed by atoms with E-state index in [0.29, 0.717) is 0 Å². The van der Waals surface area contributed by atoms with Crippen LogP contribution in [0.15, 0.2) is 36.5 Å². The maximum absolute atomic E-state index is 2.28. The molecule has 0 fully saturated rings. The molecule has 0 radical (unpaired) electrons. The molecule has 104 valence electrons. The minimum Gasteiger partial charge on any atom is -0.0877 e. The summed E-state index contributed by atoms with van der Waals surface area (Å²) < 4.78 is 0. The molecule has 0 heterocycles. The zero-order valence-corrected chi connectivity index (χ0v) is 12.5. The van der Waals surface area contributed by atoms with E-state index in [0.717, 1.165) is 0 Å². The van der Waals surface area contributed by atoms with Gasteiger partial charge in [-0.05, 0) is 19.8 Å². The van der Waals surface area contributed by atoms with Gasteiger partial charge >= 0.3 is 0 Å². The summed E-state index contributed by atoms with van der Waals surface area (Å²) in [5.41, 5.74) is 0. The number of hydrogen-bond acceptors (Lipinski definition) is 0. The second-order valence-corrected chi connectivity index (χ2v) is 4.96. The van der Waals surface area contributed by atoms with Crippen LogP contribution in [0.3, 0.4) is 0 Å². The summed E-state index contributed by atoms with van der Waals surface area (Å²) in [5, 5.41) is 0. The van der Waals surface area contributed by atoms with Gasteiger partial charge in [0.25, 0.3) is 0 Å². The average Bonchev–Trinajstić information content (AvgIpc) is 2.39. The molecule has 0 aromatic heterocycles. The van der Waals surface area contributed by atoms with Crippen LogP contribution in [0.1, 0.15) is 78.1 Å². The lowest BCUT2D eigenvalue weighted by Crippen LogP contribution is -1.80. The van der Waals surface area contributed by atoms with Gasteiger partial charge in [-0.25, -0.2) is 0 Å². The molecule has 0 aliphatic carbocycles. The first-order chi connectivity index (χ1) is 8.91. The second kappa shape index (κ2) is 16.2. The smallest absolute Gasteiger partial charge is 0.0348 e. The van der Waals surface area contributed by atoms with Crippen LogP contribution >= 0.6 is 0 Å². The highest BCUT2D eigenvalue weighted by Gasteiger charge is 1.90. The lowest BCUT2D eigenvalue weighted by molar-refractivity contribution is 0.566. The predicted molar refractivity (Wildman–Crippen MR) is 84.9 cm³/mol. The lowest BCUT2D eigenvalue weighted by atomic mass is 10.1. The van der Waals surface area contributed by atoms with Crippen molar-refractivity contribution >= 4 is 0 Å². The molecule has 0 amide bonds. The first-order valence-corrected chi connectivity index (χ1v) is 7.86. The Bertz CT molecular complexity index is 220. The molecule has 0 heteroatoms. The number of rotatable bonds is 12. The Kier molecular flexibility index (Phi) is 15.5.